The van der Waals surface area contributed by atoms with Gasteiger partial charge in [0.05, 0.1) is 5.00 Å². The number of alkyl carbamates (subject to hydrolysis) is 1. The second-order valence-corrected chi connectivity index (χ2v) is 8.10. The number of fused-ring (bicyclic) bond motifs is 3. The molecule has 8 heteroatoms. The van der Waals surface area contributed by atoms with Gasteiger partial charge < -0.3 is 20.5 Å². The number of carboxylic acid groups (broad SMARTS) is 1. The van der Waals surface area contributed by atoms with E-state index >= 15 is 0 Å². The first-order valence-electron chi connectivity index (χ1n) is 9.75. The third kappa shape index (κ3) is 4.59. The first kappa shape index (κ1) is 20.6. The number of aromatic carboxylic acids is 1. The number of benzene rings is 2. The Balaban J connectivity index is 1.25. The highest BCUT2D eigenvalue weighted by atomic mass is 32.1. The molecule has 158 valence electrons. The summed E-state index contributed by atoms with van der Waals surface area (Å²) in [4.78, 5) is 35.1. The van der Waals surface area contributed by atoms with Crippen molar-refractivity contribution in [2.45, 2.75) is 12.3 Å². The number of nitrogens with one attached hydrogen (secondary N) is 2. The van der Waals surface area contributed by atoms with Crippen LogP contribution in [0, 0.1) is 0 Å². The number of hydrogen-bond acceptors (Lipinski definition) is 5. The minimum Gasteiger partial charge on any atom is -0.477 e. The molecule has 4 rings (SSSR count). The smallest absolute Gasteiger partial charge is 0.407 e. The van der Waals surface area contributed by atoms with E-state index < -0.39 is 12.1 Å². The molecule has 31 heavy (non-hydrogen) atoms. The summed E-state index contributed by atoms with van der Waals surface area (Å²) in [6, 6.07) is 19.1. The molecule has 0 bridgehead atoms. The van der Waals surface area contributed by atoms with Crippen LogP contribution in [0.5, 0.6) is 0 Å². The molecule has 1 aromatic heterocycles. The lowest BCUT2D eigenvalue weighted by Crippen LogP contribution is -2.29. The molecule has 0 fully saturated rings. The Kier molecular flexibility index (Phi) is 5.99. The van der Waals surface area contributed by atoms with Crippen LogP contribution in [0.4, 0.5) is 9.80 Å². The molecular formula is C23H20N2O5S. The van der Waals surface area contributed by atoms with Crippen LogP contribution in [0.15, 0.2) is 60.7 Å². The maximum absolute atomic E-state index is 12.1. The van der Waals surface area contributed by atoms with Crippen molar-refractivity contribution in [2.75, 3.05) is 18.5 Å². The molecular weight excluding hydrogens is 416 g/mol. The normalized spacial score (nSPS) is 12.0. The van der Waals surface area contributed by atoms with Crippen LogP contribution in [-0.4, -0.2) is 36.2 Å². The summed E-state index contributed by atoms with van der Waals surface area (Å²) in [5.41, 5.74) is 4.58. The molecule has 1 aliphatic carbocycles. The molecule has 1 heterocycles. The maximum atomic E-state index is 12.1. The fourth-order valence-electron chi connectivity index (χ4n) is 3.65. The average Bonchev–Trinajstić information content (AvgIpc) is 3.35. The second kappa shape index (κ2) is 9.01. The maximum Gasteiger partial charge on any atom is 0.407 e. The van der Waals surface area contributed by atoms with E-state index in [1.165, 1.54) is 12.1 Å². The number of hydrogen-bond donors (Lipinski definition) is 3. The molecule has 7 nitrogen and oxygen atoms in total. The van der Waals surface area contributed by atoms with Gasteiger partial charge in [0.15, 0.2) is 0 Å². The second-order valence-electron chi connectivity index (χ2n) is 7.02. The van der Waals surface area contributed by atoms with Gasteiger partial charge in [-0.1, -0.05) is 48.5 Å². The summed E-state index contributed by atoms with van der Waals surface area (Å²) in [6.07, 6.45) is -0.538. The number of amides is 2. The largest absolute Gasteiger partial charge is 0.477 e. The summed E-state index contributed by atoms with van der Waals surface area (Å²) < 4.78 is 5.42. The lowest BCUT2D eigenvalue weighted by molar-refractivity contribution is -0.116. The van der Waals surface area contributed by atoms with Gasteiger partial charge in [-0.2, -0.15) is 0 Å². The van der Waals surface area contributed by atoms with Crippen molar-refractivity contribution < 1.29 is 24.2 Å². The van der Waals surface area contributed by atoms with E-state index in [-0.39, 0.29) is 36.3 Å². The average molecular weight is 436 g/mol. The first-order chi connectivity index (χ1) is 15.0. The van der Waals surface area contributed by atoms with Crippen LogP contribution in [0.1, 0.15) is 33.1 Å². The highest BCUT2D eigenvalue weighted by Crippen LogP contribution is 2.44. The van der Waals surface area contributed by atoms with Crippen LogP contribution in [0.25, 0.3) is 11.1 Å². The predicted molar refractivity (Wildman–Crippen MR) is 118 cm³/mol. The summed E-state index contributed by atoms with van der Waals surface area (Å²) in [5.74, 6) is -1.39. The summed E-state index contributed by atoms with van der Waals surface area (Å²) >= 11 is 0.977. The predicted octanol–water partition coefficient (Wildman–Crippen LogP) is 4.31. The van der Waals surface area contributed by atoms with E-state index in [2.05, 4.69) is 22.8 Å². The molecule has 1 aliphatic rings. The highest BCUT2D eigenvalue weighted by Gasteiger charge is 2.28. The van der Waals surface area contributed by atoms with E-state index in [4.69, 9.17) is 9.84 Å². The van der Waals surface area contributed by atoms with Crippen LogP contribution in [-0.2, 0) is 9.53 Å². The van der Waals surface area contributed by atoms with Crippen LogP contribution >= 0.6 is 11.3 Å². The summed E-state index contributed by atoms with van der Waals surface area (Å²) in [6.45, 7) is 0.318. The fraction of sp³-hybridized carbons (Fsp3) is 0.174. The third-order valence-electron chi connectivity index (χ3n) is 5.04. The summed E-state index contributed by atoms with van der Waals surface area (Å²) in [7, 11) is 0. The van der Waals surface area contributed by atoms with Crippen molar-refractivity contribution in [3.05, 3.63) is 76.7 Å². The van der Waals surface area contributed by atoms with Crippen molar-refractivity contribution >= 4 is 34.3 Å². The number of carboxylic acids is 1. The molecule has 0 radical (unpaired) electrons. The van der Waals surface area contributed by atoms with Crippen molar-refractivity contribution in [1.29, 1.82) is 0 Å². The third-order valence-corrected chi connectivity index (χ3v) is 6.03. The van der Waals surface area contributed by atoms with E-state index in [1.807, 2.05) is 36.4 Å². The topological polar surface area (TPSA) is 105 Å². The Morgan fingerprint density at radius 3 is 2.19 bits per heavy atom. The van der Waals surface area contributed by atoms with Crippen molar-refractivity contribution in [3.63, 3.8) is 0 Å². The van der Waals surface area contributed by atoms with Crippen LogP contribution in [0.3, 0.4) is 0 Å². The van der Waals surface area contributed by atoms with Gasteiger partial charge in [-0.3, -0.25) is 4.79 Å². The number of rotatable bonds is 7. The number of carbonyl (C=O) groups excluding carboxylic acids is 2. The van der Waals surface area contributed by atoms with Gasteiger partial charge in [0.2, 0.25) is 5.91 Å². The van der Waals surface area contributed by atoms with Gasteiger partial charge >= 0.3 is 12.1 Å². The molecule has 2 aromatic carbocycles. The lowest BCUT2D eigenvalue weighted by atomic mass is 9.98. The number of thiophene rings is 1. The fourth-order valence-corrected chi connectivity index (χ4v) is 4.41. The molecule has 0 spiro atoms. The highest BCUT2D eigenvalue weighted by molar-refractivity contribution is 7.18. The van der Waals surface area contributed by atoms with Crippen molar-refractivity contribution in [1.82, 2.24) is 5.32 Å². The Labute approximate surface area is 182 Å². The van der Waals surface area contributed by atoms with Gasteiger partial charge in [0.1, 0.15) is 11.5 Å². The minimum atomic E-state index is -1.04. The minimum absolute atomic E-state index is 0.0243. The molecule has 0 aliphatic heterocycles. The Morgan fingerprint density at radius 1 is 0.935 bits per heavy atom. The molecule has 0 unspecified atom stereocenters. The molecule has 0 atom stereocenters. The van der Waals surface area contributed by atoms with Gasteiger partial charge in [0.25, 0.3) is 0 Å². The molecule has 3 aromatic rings. The number of carbonyl (C=O) groups is 3. The van der Waals surface area contributed by atoms with Crippen LogP contribution in [0.2, 0.25) is 0 Å². The zero-order valence-electron chi connectivity index (χ0n) is 16.5. The van der Waals surface area contributed by atoms with E-state index in [0.29, 0.717) is 5.00 Å². The van der Waals surface area contributed by atoms with E-state index in [1.54, 1.807) is 0 Å². The van der Waals surface area contributed by atoms with E-state index in [0.717, 1.165) is 33.6 Å². The molecule has 0 saturated carbocycles. The quantitative estimate of drug-likeness (QED) is 0.512. The molecule has 2 amide bonds. The Morgan fingerprint density at radius 2 is 1.58 bits per heavy atom. The monoisotopic (exact) mass is 436 g/mol. The summed E-state index contributed by atoms with van der Waals surface area (Å²) in [5, 5.41) is 14.6. The Hall–Kier alpha value is -3.65. The number of ether oxygens (including phenoxy) is 1. The van der Waals surface area contributed by atoms with Gasteiger partial charge in [-0.15, -0.1) is 11.3 Å². The van der Waals surface area contributed by atoms with Gasteiger partial charge in [-0.25, -0.2) is 9.59 Å². The van der Waals surface area contributed by atoms with Crippen molar-refractivity contribution in [2.24, 2.45) is 0 Å². The zero-order chi connectivity index (χ0) is 21.8. The Bertz CT molecular complexity index is 1090. The zero-order valence-corrected chi connectivity index (χ0v) is 17.3. The first-order valence-corrected chi connectivity index (χ1v) is 10.6. The standard InChI is InChI=1S/C23H20N2O5S/c26-20(25-21-10-9-19(31-21)22(27)28)11-12-24-23(29)30-13-18-16-7-3-1-5-14(16)15-6-2-4-8-17(15)18/h1-10,18H,11-13H2,(H,24,29)(H,25,26)(H,27,28). The van der Waals surface area contributed by atoms with Crippen molar-refractivity contribution in [3.8, 4) is 11.1 Å². The SMILES string of the molecule is O=C(CCNC(=O)OCC1c2ccccc2-c2ccccc21)Nc1ccc(C(=O)O)s1. The number of anilines is 1. The lowest BCUT2D eigenvalue weighted by Gasteiger charge is -2.14. The molecule has 3 N–H and O–H groups in total. The van der Waals surface area contributed by atoms with Gasteiger partial charge in [-0.05, 0) is 34.4 Å². The van der Waals surface area contributed by atoms with Gasteiger partial charge in [0, 0.05) is 18.9 Å². The molecule has 0 saturated heterocycles. The van der Waals surface area contributed by atoms with E-state index in [9.17, 15) is 14.4 Å². The van der Waals surface area contributed by atoms with Crippen LogP contribution < -0.4 is 10.6 Å².